The quantitative estimate of drug-likeness (QED) is 0.648. The van der Waals surface area contributed by atoms with Gasteiger partial charge in [0.15, 0.2) is 0 Å². The molecule has 2 aromatic rings. The molecule has 0 aromatic heterocycles. The summed E-state index contributed by atoms with van der Waals surface area (Å²) in [6, 6.07) is 15.1. The minimum absolute atomic E-state index is 0.0482. The van der Waals surface area contributed by atoms with Crippen molar-refractivity contribution < 1.29 is 0 Å². The zero-order valence-electron chi connectivity index (χ0n) is 11.9. The van der Waals surface area contributed by atoms with Crippen LogP contribution in [0.4, 0.5) is 0 Å². The Labute approximate surface area is 115 Å². The first-order chi connectivity index (χ1) is 9.17. The van der Waals surface area contributed by atoms with Crippen molar-refractivity contribution in [2.45, 2.75) is 33.2 Å². The number of rotatable bonds is 4. The minimum Gasteiger partial charge on any atom is -0.271 e. The summed E-state index contributed by atoms with van der Waals surface area (Å²) in [4.78, 5) is 0. The molecule has 1 atom stereocenters. The Morgan fingerprint density at radius 1 is 1.00 bits per heavy atom. The molecule has 0 saturated carbocycles. The van der Waals surface area contributed by atoms with Crippen molar-refractivity contribution >= 4 is 0 Å². The van der Waals surface area contributed by atoms with Crippen LogP contribution >= 0.6 is 0 Å². The van der Waals surface area contributed by atoms with E-state index in [4.69, 9.17) is 5.84 Å². The first-order valence-corrected chi connectivity index (χ1v) is 6.78. The van der Waals surface area contributed by atoms with Crippen molar-refractivity contribution in [1.82, 2.24) is 5.43 Å². The van der Waals surface area contributed by atoms with Crippen LogP contribution in [0.3, 0.4) is 0 Å². The molecule has 2 heteroatoms. The molecule has 2 rings (SSSR count). The lowest BCUT2D eigenvalue weighted by molar-refractivity contribution is 0.630. The predicted octanol–water partition coefficient (Wildman–Crippen LogP) is 3.42. The number of hydrogen-bond donors (Lipinski definition) is 2. The van der Waals surface area contributed by atoms with Crippen LogP contribution in [0.1, 0.15) is 40.8 Å². The second kappa shape index (κ2) is 6.00. The summed E-state index contributed by atoms with van der Waals surface area (Å²) in [5, 5.41) is 0. The monoisotopic (exact) mass is 254 g/mol. The van der Waals surface area contributed by atoms with E-state index >= 15 is 0 Å². The van der Waals surface area contributed by atoms with Gasteiger partial charge in [0.2, 0.25) is 0 Å². The largest absolute Gasteiger partial charge is 0.271 e. The van der Waals surface area contributed by atoms with Gasteiger partial charge in [-0.2, -0.15) is 0 Å². The van der Waals surface area contributed by atoms with Crippen molar-refractivity contribution in [2.75, 3.05) is 0 Å². The molecule has 0 saturated heterocycles. The van der Waals surface area contributed by atoms with Crippen LogP contribution in [0.15, 0.2) is 42.5 Å². The molecule has 1 unspecified atom stereocenters. The predicted molar refractivity (Wildman–Crippen MR) is 80.9 cm³/mol. The van der Waals surface area contributed by atoms with E-state index < -0.39 is 0 Å². The summed E-state index contributed by atoms with van der Waals surface area (Å²) in [6.07, 6.45) is 1.06. The molecule has 0 heterocycles. The van der Waals surface area contributed by atoms with Crippen molar-refractivity contribution in [2.24, 2.45) is 5.84 Å². The maximum atomic E-state index is 5.80. The minimum atomic E-state index is 0.0482. The Hall–Kier alpha value is -1.64. The fourth-order valence-electron chi connectivity index (χ4n) is 2.57. The maximum Gasteiger partial charge on any atom is 0.0715 e. The first kappa shape index (κ1) is 13.8. The molecule has 0 radical (unpaired) electrons. The highest BCUT2D eigenvalue weighted by atomic mass is 15.2. The standard InChI is InChI=1S/C17H22N2/c1-4-14-8-10-15(11-9-14)17(19-18)16-12(2)6-5-7-13(16)3/h5-11,17,19H,4,18H2,1-3H3. The van der Waals surface area contributed by atoms with Gasteiger partial charge in [-0.15, -0.1) is 0 Å². The van der Waals surface area contributed by atoms with Crippen LogP contribution in [0.25, 0.3) is 0 Å². The van der Waals surface area contributed by atoms with E-state index in [9.17, 15) is 0 Å². The Balaban J connectivity index is 2.44. The third-order valence-corrected chi connectivity index (χ3v) is 3.72. The summed E-state index contributed by atoms with van der Waals surface area (Å²) in [5.41, 5.74) is 9.31. The van der Waals surface area contributed by atoms with E-state index in [1.54, 1.807) is 0 Å². The highest BCUT2D eigenvalue weighted by molar-refractivity contribution is 5.42. The topological polar surface area (TPSA) is 38.0 Å². The fraction of sp³-hybridized carbons (Fsp3) is 0.294. The number of nitrogens with two attached hydrogens (primary N) is 1. The zero-order valence-corrected chi connectivity index (χ0v) is 11.9. The van der Waals surface area contributed by atoms with E-state index in [-0.39, 0.29) is 6.04 Å². The summed E-state index contributed by atoms with van der Waals surface area (Å²) in [5.74, 6) is 5.80. The SMILES string of the molecule is CCc1ccc(C(NN)c2c(C)cccc2C)cc1. The molecule has 0 amide bonds. The van der Waals surface area contributed by atoms with Gasteiger partial charge in [-0.25, -0.2) is 5.43 Å². The van der Waals surface area contributed by atoms with Crippen molar-refractivity contribution in [1.29, 1.82) is 0 Å². The van der Waals surface area contributed by atoms with Gasteiger partial charge in [-0.1, -0.05) is 49.4 Å². The molecule has 2 nitrogen and oxygen atoms in total. The average molecular weight is 254 g/mol. The molecule has 0 aliphatic carbocycles. The van der Waals surface area contributed by atoms with Gasteiger partial charge in [0.05, 0.1) is 6.04 Å². The van der Waals surface area contributed by atoms with E-state index in [1.807, 2.05) is 0 Å². The molecule has 0 bridgehead atoms. The van der Waals surface area contributed by atoms with Crippen LogP contribution in [0, 0.1) is 13.8 Å². The molecule has 0 aliphatic rings. The van der Waals surface area contributed by atoms with Crippen molar-refractivity contribution in [3.8, 4) is 0 Å². The lowest BCUT2D eigenvalue weighted by Crippen LogP contribution is -2.30. The van der Waals surface area contributed by atoms with Gasteiger partial charge in [0, 0.05) is 0 Å². The molecular weight excluding hydrogens is 232 g/mol. The number of aryl methyl sites for hydroxylation is 3. The molecule has 0 spiro atoms. The first-order valence-electron chi connectivity index (χ1n) is 6.78. The van der Waals surface area contributed by atoms with Gasteiger partial charge in [-0.3, -0.25) is 5.84 Å². The molecule has 2 aromatic carbocycles. The highest BCUT2D eigenvalue weighted by Crippen LogP contribution is 2.27. The molecule has 100 valence electrons. The summed E-state index contributed by atoms with van der Waals surface area (Å²) >= 11 is 0. The highest BCUT2D eigenvalue weighted by Gasteiger charge is 2.16. The summed E-state index contributed by atoms with van der Waals surface area (Å²) < 4.78 is 0. The molecule has 0 fully saturated rings. The van der Waals surface area contributed by atoms with Crippen LogP contribution in [-0.4, -0.2) is 0 Å². The third-order valence-electron chi connectivity index (χ3n) is 3.72. The van der Waals surface area contributed by atoms with Gasteiger partial charge in [-0.05, 0) is 48.1 Å². The van der Waals surface area contributed by atoms with Crippen molar-refractivity contribution in [3.05, 3.63) is 70.3 Å². The lowest BCUT2D eigenvalue weighted by atomic mass is 9.91. The maximum absolute atomic E-state index is 5.80. The zero-order chi connectivity index (χ0) is 13.8. The smallest absolute Gasteiger partial charge is 0.0715 e. The number of benzene rings is 2. The Kier molecular flexibility index (Phi) is 4.35. The summed E-state index contributed by atoms with van der Waals surface area (Å²) in [6.45, 7) is 6.43. The van der Waals surface area contributed by atoms with Crippen molar-refractivity contribution in [3.63, 3.8) is 0 Å². The van der Waals surface area contributed by atoms with Gasteiger partial charge in [0.1, 0.15) is 0 Å². The molecule has 0 aliphatic heterocycles. The number of hydrogen-bond acceptors (Lipinski definition) is 2. The second-order valence-corrected chi connectivity index (χ2v) is 5.00. The molecule has 19 heavy (non-hydrogen) atoms. The Morgan fingerprint density at radius 3 is 2.05 bits per heavy atom. The van der Waals surface area contributed by atoms with Crippen LogP contribution < -0.4 is 11.3 Å². The van der Waals surface area contributed by atoms with E-state index in [2.05, 4.69) is 68.7 Å². The van der Waals surface area contributed by atoms with Crippen LogP contribution in [0.2, 0.25) is 0 Å². The second-order valence-electron chi connectivity index (χ2n) is 5.00. The Morgan fingerprint density at radius 2 is 1.58 bits per heavy atom. The normalized spacial score (nSPS) is 12.4. The molecule has 3 N–H and O–H groups in total. The van der Waals surface area contributed by atoms with E-state index in [0.29, 0.717) is 0 Å². The molecular formula is C17H22N2. The van der Waals surface area contributed by atoms with Crippen LogP contribution in [-0.2, 0) is 6.42 Å². The Bertz CT molecular complexity index is 523. The van der Waals surface area contributed by atoms with Gasteiger partial charge in [0.25, 0.3) is 0 Å². The summed E-state index contributed by atoms with van der Waals surface area (Å²) in [7, 11) is 0. The number of hydrazine groups is 1. The van der Waals surface area contributed by atoms with Crippen LogP contribution in [0.5, 0.6) is 0 Å². The lowest BCUT2D eigenvalue weighted by Gasteiger charge is -2.21. The van der Waals surface area contributed by atoms with E-state index in [0.717, 1.165) is 6.42 Å². The van der Waals surface area contributed by atoms with Gasteiger partial charge < -0.3 is 0 Å². The number of nitrogens with one attached hydrogen (secondary N) is 1. The fourth-order valence-corrected chi connectivity index (χ4v) is 2.57. The van der Waals surface area contributed by atoms with E-state index in [1.165, 1.54) is 27.8 Å². The van der Waals surface area contributed by atoms with Gasteiger partial charge >= 0.3 is 0 Å². The third kappa shape index (κ3) is 2.86. The average Bonchev–Trinajstić information content (AvgIpc) is 2.43.